The molecule has 0 bridgehead atoms. The van der Waals surface area contributed by atoms with E-state index in [0.717, 1.165) is 25.6 Å². The Morgan fingerprint density at radius 2 is 2.18 bits per heavy atom. The van der Waals surface area contributed by atoms with Crippen molar-refractivity contribution in [3.8, 4) is 0 Å². The van der Waals surface area contributed by atoms with Gasteiger partial charge in [0.05, 0.1) is 9.82 Å². The quantitative estimate of drug-likeness (QED) is 0.378. The number of nitrogens with one attached hydrogen (secondary N) is 3. The first-order chi connectivity index (χ1) is 10.5. The fourth-order valence-corrected chi connectivity index (χ4v) is 2.94. The Morgan fingerprint density at radius 3 is 2.86 bits per heavy atom. The van der Waals surface area contributed by atoms with Crippen molar-refractivity contribution in [2.75, 3.05) is 26.2 Å². The standard InChI is InChI=1S/C12H17N5O4S/c18-17(19)10-3-1-4-11(9-10)22(20,21)16-8-7-15-12-13-5-2-6-14-12/h1,3-4,9,16H,2,5-8H2,(H2,13,14,15). The van der Waals surface area contributed by atoms with E-state index in [1.54, 1.807) is 0 Å². The normalized spacial score (nSPS) is 14.8. The van der Waals surface area contributed by atoms with Crippen molar-refractivity contribution < 1.29 is 13.3 Å². The number of sulfonamides is 1. The maximum Gasteiger partial charge on any atom is 0.270 e. The van der Waals surface area contributed by atoms with E-state index in [4.69, 9.17) is 0 Å². The lowest BCUT2D eigenvalue weighted by Gasteiger charge is -2.16. The molecule has 3 N–H and O–H groups in total. The Morgan fingerprint density at radius 1 is 1.36 bits per heavy atom. The molecular formula is C12H17N5O4S. The van der Waals surface area contributed by atoms with Gasteiger partial charge in [-0.3, -0.25) is 15.1 Å². The fraction of sp³-hybridized carbons (Fsp3) is 0.417. The summed E-state index contributed by atoms with van der Waals surface area (Å²) in [5, 5.41) is 16.7. The minimum absolute atomic E-state index is 0.130. The highest BCUT2D eigenvalue weighted by atomic mass is 32.2. The molecule has 1 aliphatic rings. The van der Waals surface area contributed by atoms with Crippen LogP contribution in [-0.2, 0) is 10.0 Å². The van der Waals surface area contributed by atoms with E-state index in [0.29, 0.717) is 12.5 Å². The maximum atomic E-state index is 12.1. The second-order valence-corrected chi connectivity index (χ2v) is 6.36. The average molecular weight is 327 g/mol. The summed E-state index contributed by atoms with van der Waals surface area (Å²) < 4.78 is 26.5. The second kappa shape index (κ2) is 7.18. The largest absolute Gasteiger partial charge is 0.356 e. The van der Waals surface area contributed by atoms with Gasteiger partial charge in [-0.05, 0) is 12.5 Å². The van der Waals surface area contributed by atoms with Crippen LogP contribution in [0, 0.1) is 10.1 Å². The van der Waals surface area contributed by atoms with Gasteiger partial charge in [0.1, 0.15) is 0 Å². The fourth-order valence-electron chi connectivity index (χ4n) is 1.86. The maximum absolute atomic E-state index is 12.1. The van der Waals surface area contributed by atoms with Crippen molar-refractivity contribution in [2.24, 2.45) is 4.99 Å². The van der Waals surface area contributed by atoms with Crippen LogP contribution >= 0.6 is 0 Å². The monoisotopic (exact) mass is 327 g/mol. The molecule has 22 heavy (non-hydrogen) atoms. The molecular weight excluding hydrogens is 310 g/mol. The third-order valence-corrected chi connectivity index (χ3v) is 4.40. The molecule has 0 amide bonds. The molecule has 0 aromatic heterocycles. The molecule has 2 rings (SSSR count). The number of nitro benzene ring substituents is 1. The van der Waals surface area contributed by atoms with Gasteiger partial charge in [0.15, 0.2) is 5.96 Å². The topological polar surface area (TPSA) is 126 Å². The number of rotatable bonds is 6. The lowest BCUT2D eigenvalue weighted by molar-refractivity contribution is -0.385. The van der Waals surface area contributed by atoms with Gasteiger partial charge < -0.3 is 10.6 Å². The van der Waals surface area contributed by atoms with E-state index >= 15 is 0 Å². The molecule has 120 valence electrons. The first-order valence-corrected chi connectivity index (χ1v) is 8.24. The van der Waals surface area contributed by atoms with Gasteiger partial charge >= 0.3 is 0 Å². The molecule has 1 aromatic rings. The van der Waals surface area contributed by atoms with Crippen LogP contribution in [0.3, 0.4) is 0 Å². The smallest absolute Gasteiger partial charge is 0.270 e. The number of nitrogens with zero attached hydrogens (tertiary/aromatic N) is 2. The van der Waals surface area contributed by atoms with Gasteiger partial charge in [-0.15, -0.1) is 0 Å². The van der Waals surface area contributed by atoms with Gasteiger partial charge in [-0.2, -0.15) is 0 Å². The molecule has 0 radical (unpaired) electrons. The Kier molecular flexibility index (Phi) is 5.28. The summed E-state index contributed by atoms with van der Waals surface area (Å²) in [6, 6.07) is 4.93. The number of aliphatic imine (C=N–C) groups is 1. The van der Waals surface area contributed by atoms with E-state index in [1.165, 1.54) is 18.2 Å². The van der Waals surface area contributed by atoms with Gasteiger partial charge in [0.2, 0.25) is 10.0 Å². The van der Waals surface area contributed by atoms with Crippen LogP contribution in [0.2, 0.25) is 0 Å². The molecule has 0 spiro atoms. The van der Waals surface area contributed by atoms with Crippen LogP contribution in [0.25, 0.3) is 0 Å². The lowest BCUT2D eigenvalue weighted by atomic mass is 10.3. The molecule has 0 saturated carbocycles. The first-order valence-electron chi connectivity index (χ1n) is 6.75. The zero-order valence-corrected chi connectivity index (χ0v) is 12.6. The third kappa shape index (κ3) is 4.40. The van der Waals surface area contributed by atoms with Crippen molar-refractivity contribution in [1.82, 2.24) is 15.4 Å². The molecule has 1 heterocycles. The third-order valence-electron chi connectivity index (χ3n) is 2.95. The minimum Gasteiger partial charge on any atom is -0.356 e. The Balaban J connectivity index is 1.89. The zero-order chi connectivity index (χ0) is 16.0. The van der Waals surface area contributed by atoms with Crippen molar-refractivity contribution in [2.45, 2.75) is 11.3 Å². The van der Waals surface area contributed by atoms with Crippen LogP contribution < -0.4 is 15.4 Å². The Hall–Kier alpha value is -2.20. The molecule has 0 unspecified atom stereocenters. The molecule has 1 aliphatic heterocycles. The van der Waals surface area contributed by atoms with E-state index in [2.05, 4.69) is 20.3 Å². The zero-order valence-electron chi connectivity index (χ0n) is 11.8. The number of hydrogen-bond acceptors (Lipinski definition) is 7. The summed E-state index contributed by atoms with van der Waals surface area (Å²) in [5.74, 6) is 0.654. The highest BCUT2D eigenvalue weighted by Crippen LogP contribution is 2.16. The highest BCUT2D eigenvalue weighted by Gasteiger charge is 2.17. The molecule has 0 saturated heterocycles. The van der Waals surface area contributed by atoms with Gasteiger partial charge in [0.25, 0.3) is 5.69 Å². The van der Waals surface area contributed by atoms with E-state index in [1.807, 2.05) is 0 Å². The summed E-state index contributed by atoms with van der Waals surface area (Å²) in [6.07, 6.45) is 0.977. The number of nitro groups is 1. The molecule has 10 heteroatoms. The van der Waals surface area contributed by atoms with E-state index in [9.17, 15) is 18.5 Å². The summed E-state index contributed by atoms with van der Waals surface area (Å²) in [4.78, 5) is 14.1. The van der Waals surface area contributed by atoms with Crippen LogP contribution in [0.15, 0.2) is 34.2 Å². The molecule has 0 atom stereocenters. The molecule has 0 fully saturated rings. The van der Waals surface area contributed by atoms with Crippen LogP contribution in [0.1, 0.15) is 6.42 Å². The molecule has 1 aromatic carbocycles. The summed E-state index contributed by atoms with van der Waals surface area (Å²) >= 11 is 0. The predicted octanol–water partition coefficient (Wildman–Crippen LogP) is -0.188. The van der Waals surface area contributed by atoms with Gasteiger partial charge in [0, 0.05) is 38.3 Å². The number of non-ortho nitro benzene ring substituents is 1. The first kappa shape index (κ1) is 16.2. The van der Waals surface area contributed by atoms with Crippen molar-refractivity contribution in [3.63, 3.8) is 0 Å². The molecule has 9 nitrogen and oxygen atoms in total. The van der Waals surface area contributed by atoms with Crippen LogP contribution in [0.4, 0.5) is 5.69 Å². The SMILES string of the molecule is O=[N+]([O-])c1cccc(S(=O)(=O)NCCNC2=NCCCN2)c1. The van der Waals surface area contributed by atoms with Crippen LogP contribution in [-0.4, -0.2) is 45.5 Å². The van der Waals surface area contributed by atoms with Gasteiger partial charge in [-0.1, -0.05) is 6.07 Å². The van der Waals surface area contributed by atoms with Crippen molar-refractivity contribution in [1.29, 1.82) is 0 Å². The number of hydrogen-bond donors (Lipinski definition) is 3. The summed E-state index contributed by atoms with van der Waals surface area (Å²) in [6.45, 7) is 2.09. The Labute approximate surface area is 128 Å². The summed E-state index contributed by atoms with van der Waals surface area (Å²) in [7, 11) is -3.77. The number of guanidine groups is 1. The molecule has 0 aliphatic carbocycles. The van der Waals surface area contributed by atoms with Gasteiger partial charge in [-0.25, -0.2) is 13.1 Å². The lowest BCUT2D eigenvalue weighted by Crippen LogP contribution is -2.43. The predicted molar refractivity (Wildman–Crippen MR) is 81.2 cm³/mol. The van der Waals surface area contributed by atoms with Crippen molar-refractivity contribution in [3.05, 3.63) is 34.4 Å². The summed E-state index contributed by atoms with van der Waals surface area (Å²) in [5.41, 5.74) is -0.262. The minimum atomic E-state index is -3.77. The second-order valence-electron chi connectivity index (χ2n) is 4.59. The Bertz CT molecular complexity index is 674. The van der Waals surface area contributed by atoms with Crippen LogP contribution in [0.5, 0.6) is 0 Å². The number of benzene rings is 1. The highest BCUT2D eigenvalue weighted by molar-refractivity contribution is 7.89. The average Bonchev–Trinajstić information content (AvgIpc) is 2.53. The van der Waals surface area contributed by atoms with E-state index in [-0.39, 0.29) is 17.1 Å². The van der Waals surface area contributed by atoms with E-state index < -0.39 is 14.9 Å². The van der Waals surface area contributed by atoms with Crippen molar-refractivity contribution >= 4 is 21.7 Å².